The van der Waals surface area contributed by atoms with Crippen LogP contribution in [0.5, 0.6) is 0 Å². The molecule has 0 fully saturated rings. The van der Waals surface area contributed by atoms with Gasteiger partial charge in [0.2, 0.25) is 0 Å². The minimum absolute atomic E-state index is 0.893. The van der Waals surface area contributed by atoms with Gasteiger partial charge in [-0.2, -0.15) is 0 Å². The molecule has 0 saturated heterocycles. The summed E-state index contributed by atoms with van der Waals surface area (Å²) in [4.78, 5) is 2.34. The van der Waals surface area contributed by atoms with Crippen molar-refractivity contribution >= 4 is 93.3 Å². The summed E-state index contributed by atoms with van der Waals surface area (Å²) >= 11 is 0. The van der Waals surface area contributed by atoms with Crippen LogP contribution in [-0.2, 0) is 0 Å². The van der Waals surface area contributed by atoms with E-state index in [1.807, 2.05) is 12.1 Å². The van der Waals surface area contributed by atoms with Crippen LogP contribution in [0.15, 0.2) is 233 Å². The number of nitrogens with zero attached hydrogens (tertiary/aromatic N) is 1. The van der Waals surface area contributed by atoms with Crippen LogP contribution in [0.4, 0.5) is 17.1 Å². The lowest BCUT2D eigenvalue weighted by Gasteiger charge is -2.26. The molecule has 0 bridgehead atoms. The molecule has 13 rings (SSSR count). The van der Waals surface area contributed by atoms with E-state index >= 15 is 0 Å². The Morgan fingerprint density at radius 1 is 0.270 bits per heavy atom. The van der Waals surface area contributed by atoms with E-state index in [4.69, 9.17) is 8.83 Å². The number of hydrogen-bond donors (Lipinski definition) is 0. The van der Waals surface area contributed by atoms with E-state index in [1.54, 1.807) is 0 Å². The summed E-state index contributed by atoms with van der Waals surface area (Å²) in [5.74, 6) is 0. The number of furan rings is 2. The Morgan fingerprint density at radius 3 is 1.52 bits per heavy atom. The summed E-state index contributed by atoms with van der Waals surface area (Å²) < 4.78 is 12.7. The maximum absolute atomic E-state index is 6.55. The fourth-order valence-electron chi connectivity index (χ4n) is 9.74. The summed E-state index contributed by atoms with van der Waals surface area (Å²) in [6.07, 6.45) is 0. The molecule has 294 valence electrons. The minimum atomic E-state index is 0.893. The first-order valence-electron chi connectivity index (χ1n) is 21.5. The molecule has 3 heteroatoms. The molecule has 0 aliphatic heterocycles. The Balaban J connectivity index is 0.894. The molecule has 0 unspecified atom stereocenters. The second kappa shape index (κ2) is 14.1. The van der Waals surface area contributed by atoms with Gasteiger partial charge in [0.05, 0.1) is 0 Å². The Labute approximate surface area is 363 Å². The summed E-state index contributed by atoms with van der Waals surface area (Å²) in [5.41, 5.74) is 13.8. The maximum atomic E-state index is 6.55. The van der Waals surface area contributed by atoms with Crippen LogP contribution in [0.1, 0.15) is 0 Å². The van der Waals surface area contributed by atoms with Crippen molar-refractivity contribution in [3.05, 3.63) is 224 Å². The number of benzene rings is 11. The average molecular weight is 804 g/mol. The van der Waals surface area contributed by atoms with E-state index in [0.29, 0.717) is 0 Å². The van der Waals surface area contributed by atoms with Gasteiger partial charge in [-0.1, -0.05) is 152 Å². The van der Waals surface area contributed by atoms with Crippen LogP contribution in [-0.4, -0.2) is 0 Å². The molecule has 11 aromatic carbocycles. The summed E-state index contributed by atoms with van der Waals surface area (Å²) in [6, 6.07) is 80.6. The lowest BCUT2D eigenvalue weighted by molar-refractivity contribution is 0.669. The van der Waals surface area contributed by atoms with Crippen molar-refractivity contribution in [1.29, 1.82) is 0 Å². The van der Waals surface area contributed by atoms with Gasteiger partial charge in [0.25, 0.3) is 0 Å². The first kappa shape index (κ1) is 35.4. The van der Waals surface area contributed by atoms with Gasteiger partial charge < -0.3 is 13.7 Å². The molecule has 13 aromatic rings. The highest BCUT2D eigenvalue weighted by Gasteiger charge is 2.18. The first-order chi connectivity index (χ1) is 31.2. The maximum Gasteiger partial charge on any atom is 0.143 e. The summed E-state index contributed by atoms with van der Waals surface area (Å²) in [5, 5.41) is 11.9. The quantitative estimate of drug-likeness (QED) is 0.157. The van der Waals surface area contributed by atoms with Crippen LogP contribution >= 0.6 is 0 Å². The predicted molar refractivity (Wildman–Crippen MR) is 265 cm³/mol. The zero-order chi connectivity index (χ0) is 41.4. The van der Waals surface area contributed by atoms with Gasteiger partial charge in [-0.05, 0) is 133 Å². The lowest BCUT2D eigenvalue weighted by atomic mass is 9.97. The van der Waals surface area contributed by atoms with Crippen molar-refractivity contribution in [1.82, 2.24) is 0 Å². The van der Waals surface area contributed by atoms with Crippen molar-refractivity contribution < 1.29 is 8.83 Å². The molecule has 0 spiro atoms. The van der Waals surface area contributed by atoms with E-state index in [9.17, 15) is 0 Å². The van der Waals surface area contributed by atoms with Gasteiger partial charge in [-0.25, -0.2) is 0 Å². The van der Waals surface area contributed by atoms with Crippen molar-refractivity contribution in [3.8, 4) is 33.4 Å². The Hall–Kier alpha value is -8.40. The Kier molecular flexibility index (Phi) is 7.91. The zero-order valence-corrected chi connectivity index (χ0v) is 34.1. The highest BCUT2D eigenvalue weighted by atomic mass is 16.3. The predicted octanol–water partition coefficient (Wildman–Crippen LogP) is 17.4. The van der Waals surface area contributed by atoms with Crippen LogP contribution in [0.3, 0.4) is 0 Å². The van der Waals surface area contributed by atoms with E-state index in [1.165, 1.54) is 38.1 Å². The van der Waals surface area contributed by atoms with E-state index in [0.717, 1.165) is 88.6 Å². The van der Waals surface area contributed by atoms with Gasteiger partial charge in [0, 0.05) is 44.0 Å². The Morgan fingerprint density at radius 2 is 0.778 bits per heavy atom. The monoisotopic (exact) mass is 803 g/mol. The second-order valence-corrected chi connectivity index (χ2v) is 16.5. The van der Waals surface area contributed by atoms with Crippen LogP contribution in [0.2, 0.25) is 0 Å². The van der Waals surface area contributed by atoms with Crippen LogP contribution in [0, 0.1) is 0 Å². The topological polar surface area (TPSA) is 29.5 Å². The first-order valence-corrected chi connectivity index (χ1v) is 21.5. The molecule has 0 saturated carbocycles. The number of hydrogen-bond acceptors (Lipinski definition) is 3. The molecule has 0 aliphatic carbocycles. The standard InChI is InChI=1S/C60H37NO2/c1-3-10-49-40(8-1)16-17-45-36-43(25-33-50(45)49)38-18-27-46(28-19-38)61(47-29-20-39(21-30-47)44-26-35-57-55(37-44)53-12-5-6-14-56(53)62-57)48-31-22-42(23-32-48)51-13-7-15-58-59(51)54-34-24-41-9-2-4-11-52(41)60(54)63-58/h1-37H. The molecule has 2 heterocycles. The average Bonchev–Trinajstić information content (AvgIpc) is 3.93. The number of anilines is 3. The lowest BCUT2D eigenvalue weighted by Crippen LogP contribution is -2.09. The van der Waals surface area contributed by atoms with Crippen LogP contribution < -0.4 is 4.90 Å². The highest BCUT2D eigenvalue weighted by Crippen LogP contribution is 2.42. The highest BCUT2D eigenvalue weighted by molar-refractivity contribution is 6.19. The van der Waals surface area contributed by atoms with Crippen molar-refractivity contribution in [3.63, 3.8) is 0 Å². The molecule has 0 aliphatic rings. The molecular formula is C60H37NO2. The van der Waals surface area contributed by atoms with Gasteiger partial charge in [-0.15, -0.1) is 0 Å². The molecular weight excluding hydrogens is 767 g/mol. The van der Waals surface area contributed by atoms with Gasteiger partial charge in [-0.3, -0.25) is 0 Å². The fourth-order valence-corrected chi connectivity index (χ4v) is 9.74. The van der Waals surface area contributed by atoms with Crippen molar-refractivity contribution in [2.75, 3.05) is 4.90 Å². The van der Waals surface area contributed by atoms with Gasteiger partial charge in [0.15, 0.2) is 0 Å². The molecule has 63 heavy (non-hydrogen) atoms. The normalized spacial score (nSPS) is 11.8. The van der Waals surface area contributed by atoms with Crippen LogP contribution in [0.25, 0.3) is 110 Å². The molecule has 0 N–H and O–H groups in total. The van der Waals surface area contributed by atoms with Gasteiger partial charge >= 0.3 is 0 Å². The number of para-hydroxylation sites is 1. The third-order valence-corrected chi connectivity index (χ3v) is 12.9. The molecule has 0 radical (unpaired) electrons. The van der Waals surface area contributed by atoms with Crippen molar-refractivity contribution in [2.45, 2.75) is 0 Å². The number of rotatable bonds is 6. The fraction of sp³-hybridized carbons (Fsp3) is 0. The SMILES string of the molecule is c1ccc2c(c1)ccc1cc(-c3ccc(N(c4ccc(-c5ccc6oc7ccccc7c6c5)cc4)c4ccc(-c5cccc6oc7c8ccccc8ccc7c56)cc4)cc3)ccc12. The van der Waals surface area contributed by atoms with E-state index < -0.39 is 0 Å². The van der Waals surface area contributed by atoms with Crippen molar-refractivity contribution in [2.24, 2.45) is 0 Å². The molecule has 0 atom stereocenters. The number of fused-ring (bicyclic) bond motifs is 11. The zero-order valence-electron chi connectivity index (χ0n) is 34.1. The third kappa shape index (κ3) is 5.82. The smallest absolute Gasteiger partial charge is 0.143 e. The molecule has 3 nitrogen and oxygen atoms in total. The molecule has 2 aromatic heterocycles. The third-order valence-electron chi connectivity index (χ3n) is 12.9. The van der Waals surface area contributed by atoms with Gasteiger partial charge in [0.1, 0.15) is 22.3 Å². The molecule has 0 amide bonds. The largest absolute Gasteiger partial charge is 0.456 e. The summed E-state index contributed by atoms with van der Waals surface area (Å²) in [6.45, 7) is 0. The van der Waals surface area contributed by atoms with E-state index in [2.05, 4.69) is 217 Å². The Bertz CT molecular complexity index is 3890. The summed E-state index contributed by atoms with van der Waals surface area (Å²) in [7, 11) is 0. The minimum Gasteiger partial charge on any atom is -0.456 e. The second-order valence-electron chi connectivity index (χ2n) is 16.5. The van der Waals surface area contributed by atoms with E-state index in [-0.39, 0.29) is 0 Å².